The Kier molecular flexibility index (Phi) is 1.31. The van der Waals surface area contributed by atoms with Gasteiger partial charge in [-0.3, -0.25) is 4.79 Å². The van der Waals surface area contributed by atoms with Gasteiger partial charge in [0.15, 0.2) is 0 Å². The molecule has 0 aromatic heterocycles. The zero-order valence-corrected chi connectivity index (χ0v) is 6.58. The molecule has 3 aliphatic rings. The van der Waals surface area contributed by atoms with Crippen LogP contribution in [0.5, 0.6) is 0 Å². The van der Waals surface area contributed by atoms with Crippen LogP contribution in [0, 0.1) is 17.8 Å². The van der Waals surface area contributed by atoms with Crippen molar-refractivity contribution < 1.29 is 9.90 Å². The molecule has 1 saturated carbocycles. The highest BCUT2D eigenvalue weighted by molar-refractivity contribution is 5.73. The molecule has 0 aliphatic heterocycles. The van der Waals surface area contributed by atoms with Gasteiger partial charge in [-0.05, 0) is 31.6 Å². The Morgan fingerprint density at radius 1 is 1.73 bits per heavy atom. The second-order valence-corrected chi connectivity index (χ2v) is 3.65. The fourth-order valence-corrected chi connectivity index (χ4v) is 2.33. The molecule has 0 unspecified atom stereocenters. The highest BCUT2D eigenvalue weighted by Crippen LogP contribution is 2.50. The molecule has 2 nitrogen and oxygen atoms in total. The summed E-state index contributed by atoms with van der Waals surface area (Å²) in [6.45, 7) is 2.05. The van der Waals surface area contributed by atoms with E-state index in [0.29, 0.717) is 11.8 Å². The van der Waals surface area contributed by atoms with Gasteiger partial charge < -0.3 is 5.11 Å². The molecule has 3 rings (SSSR count). The molecule has 1 N–H and O–H groups in total. The highest BCUT2D eigenvalue weighted by atomic mass is 16.4. The van der Waals surface area contributed by atoms with Crippen molar-refractivity contribution in [1.82, 2.24) is 0 Å². The first-order valence-corrected chi connectivity index (χ1v) is 4.09. The van der Waals surface area contributed by atoms with Crippen LogP contribution in [0.2, 0.25) is 0 Å². The number of hydrogen-bond donors (Lipinski definition) is 1. The van der Waals surface area contributed by atoms with E-state index in [1.165, 1.54) is 5.57 Å². The topological polar surface area (TPSA) is 37.3 Å². The molecular formula is C9H12O2. The smallest absolute Gasteiger partial charge is 0.307 e. The summed E-state index contributed by atoms with van der Waals surface area (Å²) in [7, 11) is 0. The summed E-state index contributed by atoms with van der Waals surface area (Å²) >= 11 is 0. The second-order valence-electron chi connectivity index (χ2n) is 3.65. The summed E-state index contributed by atoms with van der Waals surface area (Å²) in [6.07, 6.45) is 4.29. The monoisotopic (exact) mass is 152 g/mol. The van der Waals surface area contributed by atoms with Gasteiger partial charge in [0.2, 0.25) is 0 Å². The van der Waals surface area contributed by atoms with E-state index in [1.807, 2.05) is 0 Å². The number of carbonyl (C=O) groups is 1. The van der Waals surface area contributed by atoms with Crippen molar-refractivity contribution in [2.75, 3.05) is 0 Å². The minimum absolute atomic E-state index is 0.0556. The van der Waals surface area contributed by atoms with Crippen molar-refractivity contribution >= 4 is 5.97 Å². The number of rotatable bonds is 1. The number of aliphatic carboxylic acids is 1. The molecule has 0 aromatic rings. The Morgan fingerprint density at radius 2 is 2.45 bits per heavy atom. The second kappa shape index (κ2) is 2.10. The summed E-state index contributed by atoms with van der Waals surface area (Å²) in [6, 6.07) is 0. The summed E-state index contributed by atoms with van der Waals surface area (Å²) in [5.41, 5.74) is 1.29. The van der Waals surface area contributed by atoms with Crippen molar-refractivity contribution in [3.05, 3.63) is 11.6 Å². The average molecular weight is 152 g/mol. The maximum atomic E-state index is 10.7. The third kappa shape index (κ3) is 0.817. The van der Waals surface area contributed by atoms with E-state index in [0.717, 1.165) is 12.8 Å². The zero-order valence-electron chi connectivity index (χ0n) is 6.58. The minimum atomic E-state index is -0.598. The quantitative estimate of drug-likeness (QED) is 0.580. The van der Waals surface area contributed by atoms with Gasteiger partial charge >= 0.3 is 5.97 Å². The van der Waals surface area contributed by atoms with Crippen LogP contribution in [0.4, 0.5) is 0 Å². The normalized spacial score (nSPS) is 40.8. The lowest BCUT2D eigenvalue weighted by molar-refractivity contribution is -0.151. The number of hydrogen-bond acceptors (Lipinski definition) is 1. The molecule has 0 aromatic carbocycles. The van der Waals surface area contributed by atoms with Gasteiger partial charge in [-0.25, -0.2) is 0 Å². The van der Waals surface area contributed by atoms with Gasteiger partial charge in [0.25, 0.3) is 0 Å². The van der Waals surface area contributed by atoms with Crippen molar-refractivity contribution in [2.24, 2.45) is 17.8 Å². The lowest BCUT2D eigenvalue weighted by atomic mass is 9.57. The first-order valence-electron chi connectivity index (χ1n) is 4.09. The molecule has 1 fully saturated rings. The third-order valence-electron chi connectivity index (χ3n) is 3.11. The third-order valence-corrected chi connectivity index (χ3v) is 3.11. The Bertz CT molecular complexity index is 230. The molecule has 2 bridgehead atoms. The lowest BCUT2D eigenvalue weighted by Crippen LogP contribution is -2.44. The first-order chi connectivity index (χ1) is 5.20. The fraction of sp³-hybridized carbons (Fsp3) is 0.667. The van der Waals surface area contributed by atoms with Crippen molar-refractivity contribution in [2.45, 2.75) is 19.8 Å². The predicted molar refractivity (Wildman–Crippen MR) is 41.1 cm³/mol. The van der Waals surface area contributed by atoms with Crippen LogP contribution in [0.1, 0.15) is 19.8 Å². The molecule has 0 amide bonds. The van der Waals surface area contributed by atoms with Crippen molar-refractivity contribution in [3.8, 4) is 0 Å². The summed E-state index contributed by atoms with van der Waals surface area (Å²) < 4.78 is 0. The standard InChI is InChI=1S/C9H12O2/c1-5-2-3-6-4-7(5)8(6)9(10)11/h2,6-8H,3-4H2,1H3,(H,10,11)/t6-,7-,8-/m1/s1. The summed E-state index contributed by atoms with van der Waals surface area (Å²) in [5, 5.41) is 8.83. The van der Waals surface area contributed by atoms with Crippen LogP contribution in [-0.4, -0.2) is 11.1 Å². The van der Waals surface area contributed by atoms with Crippen LogP contribution in [0.3, 0.4) is 0 Å². The molecule has 3 aliphatic carbocycles. The van der Waals surface area contributed by atoms with E-state index in [2.05, 4.69) is 13.0 Å². The maximum Gasteiger partial charge on any atom is 0.307 e. The van der Waals surface area contributed by atoms with Crippen molar-refractivity contribution in [1.29, 1.82) is 0 Å². The van der Waals surface area contributed by atoms with E-state index < -0.39 is 5.97 Å². The molecular weight excluding hydrogens is 140 g/mol. The van der Waals surface area contributed by atoms with Crippen LogP contribution in [0.25, 0.3) is 0 Å². The van der Waals surface area contributed by atoms with Gasteiger partial charge in [-0.2, -0.15) is 0 Å². The highest BCUT2D eigenvalue weighted by Gasteiger charge is 2.47. The van der Waals surface area contributed by atoms with Crippen LogP contribution in [-0.2, 0) is 4.79 Å². The average Bonchev–Trinajstić information content (AvgIpc) is 1.84. The Labute approximate surface area is 65.9 Å². The van der Waals surface area contributed by atoms with E-state index in [1.54, 1.807) is 0 Å². The number of carboxylic acid groups (broad SMARTS) is 1. The van der Waals surface area contributed by atoms with Crippen LogP contribution >= 0.6 is 0 Å². The summed E-state index contributed by atoms with van der Waals surface area (Å²) in [4.78, 5) is 10.7. The number of carboxylic acids is 1. The molecule has 60 valence electrons. The fourth-order valence-electron chi connectivity index (χ4n) is 2.33. The van der Waals surface area contributed by atoms with Crippen LogP contribution in [0.15, 0.2) is 11.6 Å². The van der Waals surface area contributed by atoms with Gasteiger partial charge in [0.1, 0.15) is 0 Å². The van der Waals surface area contributed by atoms with Gasteiger partial charge in [0.05, 0.1) is 5.92 Å². The van der Waals surface area contributed by atoms with Crippen LogP contribution < -0.4 is 0 Å². The predicted octanol–water partition coefficient (Wildman–Crippen LogP) is 1.67. The number of fused-ring (bicyclic) bond motifs is 1. The Hall–Kier alpha value is -0.790. The van der Waals surface area contributed by atoms with E-state index >= 15 is 0 Å². The van der Waals surface area contributed by atoms with Gasteiger partial charge in [-0.1, -0.05) is 11.6 Å². The minimum Gasteiger partial charge on any atom is -0.481 e. The first kappa shape index (κ1) is 6.89. The SMILES string of the molecule is CC1=CC[C@@H]2C[C@H]1[C@@H]2C(=O)O. The van der Waals surface area contributed by atoms with E-state index in [4.69, 9.17) is 5.11 Å². The summed E-state index contributed by atoms with van der Waals surface area (Å²) in [5.74, 6) is 0.158. The lowest BCUT2D eigenvalue weighted by Gasteiger charge is -2.46. The van der Waals surface area contributed by atoms with E-state index in [-0.39, 0.29) is 5.92 Å². The molecule has 11 heavy (non-hydrogen) atoms. The zero-order chi connectivity index (χ0) is 8.01. The molecule has 3 atom stereocenters. The van der Waals surface area contributed by atoms with E-state index in [9.17, 15) is 4.79 Å². The molecule has 0 saturated heterocycles. The van der Waals surface area contributed by atoms with Gasteiger partial charge in [0, 0.05) is 0 Å². The molecule has 0 radical (unpaired) electrons. The maximum absolute atomic E-state index is 10.7. The Balaban J connectivity index is 2.20. The van der Waals surface area contributed by atoms with Crippen molar-refractivity contribution in [3.63, 3.8) is 0 Å². The largest absolute Gasteiger partial charge is 0.481 e. The molecule has 0 spiro atoms. The van der Waals surface area contributed by atoms with Gasteiger partial charge in [-0.15, -0.1) is 0 Å². The molecule has 0 heterocycles. The number of allylic oxidation sites excluding steroid dienone is 2. The Morgan fingerprint density at radius 3 is 2.82 bits per heavy atom. The molecule has 2 heteroatoms.